The second-order valence-electron chi connectivity index (χ2n) is 4.43. The Morgan fingerprint density at radius 1 is 1.05 bits per heavy atom. The van der Waals surface area contributed by atoms with Gasteiger partial charge in [-0.2, -0.15) is 0 Å². The van der Waals surface area contributed by atoms with Gasteiger partial charge in [0.1, 0.15) is 11.6 Å². The van der Waals surface area contributed by atoms with E-state index in [1.165, 1.54) is 12.1 Å². The van der Waals surface area contributed by atoms with Crippen LogP contribution in [-0.4, -0.2) is 7.05 Å². The lowest BCUT2D eigenvalue weighted by atomic mass is 9.98. The van der Waals surface area contributed by atoms with Crippen molar-refractivity contribution < 1.29 is 8.78 Å². The first-order valence-corrected chi connectivity index (χ1v) is 7.66. The fourth-order valence-corrected chi connectivity index (χ4v) is 3.14. The average molecular weight is 405 g/mol. The molecule has 0 amide bonds. The molecule has 0 bridgehead atoms. The van der Waals surface area contributed by atoms with Crippen LogP contribution >= 0.6 is 31.9 Å². The maximum atomic E-state index is 14.0. The monoisotopic (exact) mass is 403 g/mol. The Balaban J connectivity index is 2.31. The Labute approximate surface area is 133 Å². The molecule has 2 rings (SSSR count). The third-order valence-corrected chi connectivity index (χ3v) is 4.42. The van der Waals surface area contributed by atoms with Gasteiger partial charge >= 0.3 is 0 Å². The number of nitrogens with one attached hydrogen (secondary N) is 1. The second kappa shape index (κ2) is 6.78. The van der Waals surface area contributed by atoms with Gasteiger partial charge in [-0.05, 0) is 59.2 Å². The molecule has 0 saturated carbocycles. The zero-order valence-corrected chi connectivity index (χ0v) is 13.9. The molecule has 5 heteroatoms. The lowest BCUT2D eigenvalue weighted by Crippen LogP contribution is -2.20. The van der Waals surface area contributed by atoms with E-state index in [1.807, 2.05) is 6.07 Å². The molecule has 0 saturated heterocycles. The largest absolute Gasteiger partial charge is 0.313 e. The lowest BCUT2D eigenvalue weighted by molar-refractivity contribution is 0.530. The summed E-state index contributed by atoms with van der Waals surface area (Å²) >= 11 is 6.54. The molecular formula is C15H13Br2F2N. The van der Waals surface area contributed by atoms with Crippen molar-refractivity contribution in [3.8, 4) is 0 Å². The van der Waals surface area contributed by atoms with Crippen LogP contribution in [0.25, 0.3) is 0 Å². The predicted octanol–water partition coefficient (Wildman–Crippen LogP) is 4.99. The molecule has 0 fully saturated rings. The minimum atomic E-state index is -0.304. The molecule has 20 heavy (non-hydrogen) atoms. The minimum Gasteiger partial charge on any atom is -0.313 e. The summed E-state index contributed by atoms with van der Waals surface area (Å²) in [5, 5.41) is 3.10. The normalized spacial score (nSPS) is 12.4. The highest BCUT2D eigenvalue weighted by Crippen LogP contribution is 2.29. The predicted molar refractivity (Wildman–Crippen MR) is 83.7 cm³/mol. The van der Waals surface area contributed by atoms with Gasteiger partial charge in [0.2, 0.25) is 0 Å². The fourth-order valence-electron chi connectivity index (χ4n) is 2.09. The number of halogens is 4. The molecule has 2 aromatic carbocycles. The molecule has 0 radical (unpaired) electrons. The molecule has 0 aliphatic rings. The molecule has 2 aromatic rings. The number of rotatable bonds is 4. The van der Waals surface area contributed by atoms with E-state index in [1.54, 1.807) is 25.2 Å². The van der Waals surface area contributed by atoms with Crippen LogP contribution in [0.2, 0.25) is 0 Å². The van der Waals surface area contributed by atoms with Gasteiger partial charge in [-0.1, -0.05) is 28.1 Å². The van der Waals surface area contributed by atoms with Crippen LogP contribution in [0.5, 0.6) is 0 Å². The molecule has 0 spiro atoms. The average Bonchev–Trinajstić information content (AvgIpc) is 2.41. The van der Waals surface area contributed by atoms with Crippen molar-refractivity contribution in [2.45, 2.75) is 12.5 Å². The van der Waals surface area contributed by atoms with E-state index in [2.05, 4.69) is 37.2 Å². The van der Waals surface area contributed by atoms with E-state index in [-0.39, 0.29) is 17.7 Å². The van der Waals surface area contributed by atoms with E-state index in [0.717, 1.165) is 10.0 Å². The number of hydrogen-bond acceptors (Lipinski definition) is 1. The first-order chi connectivity index (χ1) is 9.52. The first kappa shape index (κ1) is 15.6. The Morgan fingerprint density at radius 2 is 1.80 bits per heavy atom. The molecule has 1 atom stereocenters. The van der Waals surface area contributed by atoms with Crippen LogP contribution in [-0.2, 0) is 6.42 Å². The first-order valence-electron chi connectivity index (χ1n) is 6.08. The van der Waals surface area contributed by atoms with Crippen molar-refractivity contribution in [1.82, 2.24) is 5.32 Å². The van der Waals surface area contributed by atoms with E-state index < -0.39 is 0 Å². The summed E-state index contributed by atoms with van der Waals surface area (Å²) in [6.07, 6.45) is 0.564. The quantitative estimate of drug-likeness (QED) is 0.756. The summed E-state index contributed by atoms with van der Waals surface area (Å²) in [7, 11) is 1.78. The zero-order chi connectivity index (χ0) is 14.7. The van der Waals surface area contributed by atoms with Gasteiger partial charge in [0.25, 0.3) is 0 Å². The molecule has 0 aromatic heterocycles. The molecule has 106 valence electrons. The van der Waals surface area contributed by atoms with Crippen molar-refractivity contribution in [2.24, 2.45) is 0 Å². The molecule has 0 aliphatic carbocycles. The van der Waals surface area contributed by atoms with Gasteiger partial charge in [-0.25, -0.2) is 8.78 Å². The zero-order valence-electron chi connectivity index (χ0n) is 10.8. The van der Waals surface area contributed by atoms with Crippen LogP contribution in [0.4, 0.5) is 8.78 Å². The SMILES string of the molecule is CNC(Cc1ccc(F)c(Br)c1)c1c(F)cccc1Br. The topological polar surface area (TPSA) is 12.0 Å². The van der Waals surface area contributed by atoms with Gasteiger partial charge in [-0.15, -0.1) is 0 Å². The van der Waals surface area contributed by atoms with E-state index >= 15 is 0 Å². The Hall–Kier alpha value is -0.780. The van der Waals surface area contributed by atoms with E-state index in [4.69, 9.17) is 0 Å². The third kappa shape index (κ3) is 3.45. The van der Waals surface area contributed by atoms with Crippen LogP contribution < -0.4 is 5.32 Å². The van der Waals surface area contributed by atoms with Gasteiger partial charge in [0.15, 0.2) is 0 Å². The molecular weight excluding hydrogens is 392 g/mol. The molecule has 0 heterocycles. The maximum Gasteiger partial charge on any atom is 0.137 e. The Kier molecular flexibility index (Phi) is 5.29. The van der Waals surface area contributed by atoms with Crippen molar-refractivity contribution in [2.75, 3.05) is 7.05 Å². The van der Waals surface area contributed by atoms with Gasteiger partial charge in [-0.3, -0.25) is 0 Å². The second-order valence-corrected chi connectivity index (χ2v) is 6.14. The highest BCUT2D eigenvalue weighted by atomic mass is 79.9. The van der Waals surface area contributed by atoms with Crippen molar-refractivity contribution >= 4 is 31.9 Å². The van der Waals surface area contributed by atoms with Gasteiger partial charge in [0, 0.05) is 16.1 Å². The van der Waals surface area contributed by atoms with E-state index in [0.29, 0.717) is 16.5 Å². The summed E-state index contributed by atoms with van der Waals surface area (Å²) < 4.78 is 28.4. The molecule has 1 nitrogen and oxygen atoms in total. The fraction of sp³-hybridized carbons (Fsp3) is 0.200. The molecule has 0 aliphatic heterocycles. The number of benzene rings is 2. The summed E-state index contributed by atoms with van der Waals surface area (Å²) in [6.45, 7) is 0. The molecule has 1 unspecified atom stereocenters. The smallest absolute Gasteiger partial charge is 0.137 e. The highest BCUT2D eigenvalue weighted by Gasteiger charge is 2.18. The summed E-state index contributed by atoms with van der Waals surface area (Å²) in [4.78, 5) is 0. The third-order valence-electron chi connectivity index (χ3n) is 3.12. The van der Waals surface area contributed by atoms with Gasteiger partial charge in [0.05, 0.1) is 4.47 Å². The van der Waals surface area contributed by atoms with Gasteiger partial charge < -0.3 is 5.32 Å². The van der Waals surface area contributed by atoms with Crippen molar-refractivity contribution in [1.29, 1.82) is 0 Å². The number of likely N-dealkylation sites (N-methyl/N-ethyl adjacent to an activating group) is 1. The minimum absolute atomic E-state index is 0.192. The summed E-state index contributed by atoms with van der Waals surface area (Å²) in [5.41, 5.74) is 1.50. The lowest BCUT2D eigenvalue weighted by Gasteiger charge is -2.19. The van der Waals surface area contributed by atoms with Crippen LogP contribution in [0.1, 0.15) is 17.2 Å². The van der Waals surface area contributed by atoms with Crippen molar-refractivity contribution in [3.05, 3.63) is 68.1 Å². The number of hydrogen-bond donors (Lipinski definition) is 1. The van der Waals surface area contributed by atoms with E-state index in [9.17, 15) is 8.78 Å². The van der Waals surface area contributed by atoms with Crippen LogP contribution in [0, 0.1) is 11.6 Å². The maximum absolute atomic E-state index is 14.0. The Morgan fingerprint density at radius 3 is 2.40 bits per heavy atom. The highest BCUT2D eigenvalue weighted by molar-refractivity contribution is 9.10. The van der Waals surface area contributed by atoms with Crippen LogP contribution in [0.15, 0.2) is 45.3 Å². The van der Waals surface area contributed by atoms with Crippen LogP contribution in [0.3, 0.4) is 0 Å². The summed E-state index contributed by atoms with van der Waals surface area (Å²) in [5.74, 6) is -0.568. The molecule has 1 N–H and O–H groups in total. The summed E-state index contributed by atoms with van der Waals surface area (Å²) in [6, 6.07) is 9.54. The van der Waals surface area contributed by atoms with Crippen molar-refractivity contribution in [3.63, 3.8) is 0 Å². The standard InChI is InChI=1S/C15H13Br2F2N/c1-20-14(15-10(16)3-2-4-13(15)19)8-9-5-6-12(18)11(17)7-9/h2-7,14,20H,8H2,1H3. The Bertz CT molecular complexity index is 597.